The summed E-state index contributed by atoms with van der Waals surface area (Å²) in [5, 5.41) is 0. The maximum absolute atomic E-state index is 2.41. The minimum absolute atomic E-state index is 1.14. The third-order valence-electron chi connectivity index (χ3n) is 2.31. The van der Waals surface area contributed by atoms with Gasteiger partial charge in [0.1, 0.15) is 0 Å². The lowest BCUT2D eigenvalue weighted by Crippen LogP contribution is -2.33. The summed E-state index contributed by atoms with van der Waals surface area (Å²) in [7, 11) is 4.42. The van der Waals surface area contributed by atoms with Crippen LogP contribution in [0.4, 0.5) is 0 Å². The minimum atomic E-state index is 1.14. The molecule has 1 fully saturated rings. The third-order valence-corrected chi connectivity index (χ3v) is 2.31. The summed E-state index contributed by atoms with van der Waals surface area (Å²) in [4.78, 5) is 4.82. The quantitative estimate of drug-likeness (QED) is 0.523. The summed E-state index contributed by atoms with van der Waals surface area (Å²) >= 11 is 0. The second-order valence-electron chi connectivity index (χ2n) is 3.71. The average Bonchev–Trinajstić information content (AvgIpc) is 2.02. The summed E-state index contributed by atoms with van der Waals surface area (Å²) in [6.07, 6.45) is 5.59. The molecular weight excluding hydrogens is 136 g/mol. The van der Waals surface area contributed by atoms with E-state index in [1.807, 2.05) is 0 Å². The first kappa shape index (κ1) is 9.01. The van der Waals surface area contributed by atoms with E-state index in [2.05, 4.69) is 23.9 Å². The number of hydrogen-bond donors (Lipinski definition) is 0. The molecule has 1 aliphatic rings. The summed E-state index contributed by atoms with van der Waals surface area (Å²) in [6.45, 7) is 3.68. The van der Waals surface area contributed by atoms with Gasteiger partial charge in [0.2, 0.25) is 0 Å². The van der Waals surface area contributed by atoms with Crippen molar-refractivity contribution in [1.82, 2.24) is 9.80 Å². The van der Waals surface area contributed by atoms with Gasteiger partial charge in [-0.1, -0.05) is 12.8 Å². The van der Waals surface area contributed by atoms with E-state index >= 15 is 0 Å². The van der Waals surface area contributed by atoms with Crippen molar-refractivity contribution < 1.29 is 0 Å². The summed E-state index contributed by atoms with van der Waals surface area (Å²) in [5.41, 5.74) is 0. The molecule has 2 nitrogen and oxygen atoms in total. The normalized spacial score (nSPS) is 25.6. The first-order chi connectivity index (χ1) is 5.29. The Labute approximate surface area is 70.2 Å². The molecule has 1 rings (SSSR count). The van der Waals surface area contributed by atoms with Gasteiger partial charge in [-0.05, 0) is 40.0 Å². The molecule has 66 valence electrons. The Morgan fingerprint density at radius 3 is 1.64 bits per heavy atom. The SMILES string of the molecule is CN1CCCCCCN(C)C1. The van der Waals surface area contributed by atoms with E-state index in [-0.39, 0.29) is 0 Å². The van der Waals surface area contributed by atoms with E-state index < -0.39 is 0 Å². The molecule has 0 spiro atoms. The lowest BCUT2D eigenvalue weighted by atomic mass is 10.2. The van der Waals surface area contributed by atoms with Gasteiger partial charge >= 0.3 is 0 Å². The molecule has 0 aromatic heterocycles. The highest BCUT2D eigenvalue weighted by Crippen LogP contribution is 2.05. The van der Waals surface area contributed by atoms with Gasteiger partial charge in [0, 0.05) is 0 Å². The van der Waals surface area contributed by atoms with Crippen molar-refractivity contribution in [2.24, 2.45) is 0 Å². The molecule has 0 aliphatic carbocycles. The highest BCUT2D eigenvalue weighted by Gasteiger charge is 2.05. The first-order valence-corrected chi connectivity index (χ1v) is 4.66. The molecule has 0 amide bonds. The fraction of sp³-hybridized carbons (Fsp3) is 1.00. The molecule has 1 aliphatic heterocycles. The molecule has 0 atom stereocenters. The molecular formula is C9H20N2. The van der Waals surface area contributed by atoms with Gasteiger partial charge in [-0.15, -0.1) is 0 Å². The van der Waals surface area contributed by atoms with Crippen LogP contribution in [0.2, 0.25) is 0 Å². The Hall–Kier alpha value is -0.0800. The Kier molecular flexibility index (Phi) is 3.87. The van der Waals surface area contributed by atoms with Gasteiger partial charge < -0.3 is 0 Å². The maximum Gasteiger partial charge on any atom is 0.0500 e. The third kappa shape index (κ3) is 3.73. The van der Waals surface area contributed by atoms with E-state index in [9.17, 15) is 0 Å². The Balaban J connectivity index is 2.27. The van der Waals surface area contributed by atoms with Crippen LogP contribution in [0.5, 0.6) is 0 Å². The fourth-order valence-corrected chi connectivity index (χ4v) is 1.67. The molecule has 0 aromatic carbocycles. The van der Waals surface area contributed by atoms with E-state index in [0.717, 1.165) is 6.67 Å². The predicted octanol–water partition coefficient (Wildman–Crippen LogP) is 1.38. The van der Waals surface area contributed by atoms with Crippen LogP contribution in [0, 0.1) is 0 Å². The van der Waals surface area contributed by atoms with Crippen LogP contribution < -0.4 is 0 Å². The van der Waals surface area contributed by atoms with Gasteiger partial charge in [-0.2, -0.15) is 0 Å². The highest BCUT2D eigenvalue weighted by atomic mass is 15.3. The minimum Gasteiger partial charge on any atom is -0.294 e. The standard InChI is InChI=1S/C9H20N2/c1-10-7-5-3-4-6-8-11(2)9-10/h3-9H2,1-2H3. The zero-order chi connectivity index (χ0) is 8.10. The van der Waals surface area contributed by atoms with Crippen molar-refractivity contribution >= 4 is 0 Å². The van der Waals surface area contributed by atoms with Gasteiger partial charge in [0.05, 0.1) is 6.67 Å². The first-order valence-electron chi connectivity index (χ1n) is 4.66. The maximum atomic E-state index is 2.41. The van der Waals surface area contributed by atoms with E-state index in [0.29, 0.717) is 0 Å². The Morgan fingerprint density at radius 1 is 0.727 bits per heavy atom. The summed E-state index contributed by atoms with van der Waals surface area (Å²) in [5.74, 6) is 0. The molecule has 0 N–H and O–H groups in total. The van der Waals surface area contributed by atoms with Crippen LogP contribution >= 0.6 is 0 Å². The smallest absolute Gasteiger partial charge is 0.0500 e. The largest absolute Gasteiger partial charge is 0.294 e. The summed E-state index contributed by atoms with van der Waals surface area (Å²) < 4.78 is 0. The fourth-order valence-electron chi connectivity index (χ4n) is 1.67. The second-order valence-corrected chi connectivity index (χ2v) is 3.71. The van der Waals surface area contributed by atoms with E-state index in [1.54, 1.807) is 0 Å². The zero-order valence-corrected chi connectivity index (χ0v) is 7.84. The number of rotatable bonds is 0. The predicted molar refractivity (Wildman–Crippen MR) is 48.6 cm³/mol. The molecule has 0 unspecified atom stereocenters. The van der Waals surface area contributed by atoms with Crippen molar-refractivity contribution in [3.63, 3.8) is 0 Å². The Bertz CT molecular complexity index is 91.7. The van der Waals surface area contributed by atoms with Crippen molar-refractivity contribution in [2.75, 3.05) is 33.9 Å². The molecule has 0 saturated carbocycles. The Morgan fingerprint density at radius 2 is 1.18 bits per heavy atom. The van der Waals surface area contributed by atoms with Crippen LogP contribution in [0.25, 0.3) is 0 Å². The lowest BCUT2D eigenvalue weighted by molar-refractivity contribution is 0.188. The van der Waals surface area contributed by atoms with Crippen molar-refractivity contribution in [3.8, 4) is 0 Å². The van der Waals surface area contributed by atoms with E-state index in [1.165, 1.54) is 38.8 Å². The topological polar surface area (TPSA) is 6.48 Å². The van der Waals surface area contributed by atoms with Gasteiger partial charge in [0.15, 0.2) is 0 Å². The van der Waals surface area contributed by atoms with E-state index in [4.69, 9.17) is 0 Å². The zero-order valence-electron chi connectivity index (χ0n) is 7.84. The molecule has 2 heteroatoms. The van der Waals surface area contributed by atoms with Crippen LogP contribution in [0.3, 0.4) is 0 Å². The summed E-state index contributed by atoms with van der Waals surface area (Å²) in [6, 6.07) is 0. The average molecular weight is 156 g/mol. The van der Waals surface area contributed by atoms with Gasteiger partial charge in [-0.3, -0.25) is 9.80 Å². The van der Waals surface area contributed by atoms with Crippen LogP contribution in [-0.2, 0) is 0 Å². The molecule has 0 bridgehead atoms. The van der Waals surface area contributed by atoms with Crippen LogP contribution in [0.1, 0.15) is 25.7 Å². The van der Waals surface area contributed by atoms with Crippen molar-refractivity contribution in [3.05, 3.63) is 0 Å². The van der Waals surface area contributed by atoms with Crippen LogP contribution in [0.15, 0.2) is 0 Å². The lowest BCUT2D eigenvalue weighted by Gasteiger charge is -2.22. The molecule has 11 heavy (non-hydrogen) atoms. The monoisotopic (exact) mass is 156 g/mol. The number of hydrogen-bond acceptors (Lipinski definition) is 2. The van der Waals surface area contributed by atoms with Crippen molar-refractivity contribution in [1.29, 1.82) is 0 Å². The highest BCUT2D eigenvalue weighted by molar-refractivity contribution is 4.58. The molecule has 1 saturated heterocycles. The second kappa shape index (κ2) is 4.73. The number of nitrogens with zero attached hydrogens (tertiary/aromatic N) is 2. The van der Waals surface area contributed by atoms with Crippen LogP contribution in [-0.4, -0.2) is 43.7 Å². The molecule has 0 radical (unpaired) electrons. The molecule has 1 heterocycles. The van der Waals surface area contributed by atoms with Gasteiger partial charge in [-0.25, -0.2) is 0 Å². The molecule has 0 aromatic rings. The van der Waals surface area contributed by atoms with Crippen molar-refractivity contribution in [2.45, 2.75) is 25.7 Å². The van der Waals surface area contributed by atoms with Gasteiger partial charge in [0.25, 0.3) is 0 Å².